The standard InChI is InChI=1S/C27H30F3N3O3/c1-16(2)10-20-15-32(8-9-33(20)24-7-4-19(13-31-24)27(28,29)30)14-18-11-17(3)21-5-6-22(26(35)36)25(34)23(21)12-18/h4,6-7,11-13,16,20H,5,8-10,14-15H2,1-3H3,(H,35,36)/t20-/m1/s1. The number of hydrogen-bond acceptors (Lipinski definition) is 5. The SMILES string of the molecule is Cc1cc(CN2CCN(c3ccc(C(F)(F)F)cn3)[C@H](CC(C)C)C2)cc2c1CC=C(C(=O)O)C2=O. The number of hydrogen-bond donors (Lipinski definition) is 1. The number of benzene rings is 1. The fourth-order valence-corrected chi connectivity index (χ4v) is 5.18. The number of allylic oxidation sites excluding steroid dienone is 1. The zero-order valence-electron chi connectivity index (χ0n) is 20.6. The molecular weight excluding hydrogens is 471 g/mol. The Bertz CT molecular complexity index is 1190. The highest BCUT2D eigenvalue weighted by Gasteiger charge is 2.33. The van der Waals surface area contributed by atoms with Gasteiger partial charge in [0.2, 0.25) is 0 Å². The molecule has 1 N–H and O–H groups in total. The number of halogens is 3. The van der Waals surface area contributed by atoms with Gasteiger partial charge in [0.25, 0.3) is 0 Å². The molecule has 2 heterocycles. The van der Waals surface area contributed by atoms with Crippen molar-refractivity contribution in [3.05, 3.63) is 69.9 Å². The summed E-state index contributed by atoms with van der Waals surface area (Å²) in [5.41, 5.74) is 2.27. The van der Waals surface area contributed by atoms with Crippen LogP contribution in [0.15, 0.2) is 42.1 Å². The van der Waals surface area contributed by atoms with Gasteiger partial charge >= 0.3 is 12.1 Å². The number of carboxylic acid groups (broad SMARTS) is 1. The summed E-state index contributed by atoms with van der Waals surface area (Å²) in [5.74, 6) is -0.740. The molecule has 0 saturated carbocycles. The summed E-state index contributed by atoms with van der Waals surface area (Å²) < 4.78 is 38.9. The predicted molar refractivity (Wildman–Crippen MR) is 130 cm³/mol. The van der Waals surface area contributed by atoms with Gasteiger partial charge in [0.15, 0.2) is 5.78 Å². The van der Waals surface area contributed by atoms with Crippen LogP contribution >= 0.6 is 0 Å². The number of anilines is 1. The van der Waals surface area contributed by atoms with E-state index in [9.17, 15) is 27.9 Å². The topological polar surface area (TPSA) is 73.7 Å². The van der Waals surface area contributed by atoms with Crippen molar-refractivity contribution in [2.75, 3.05) is 24.5 Å². The molecule has 0 unspecified atom stereocenters. The molecule has 1 fully saturated rings. The number of pyridine rings is 1. The Morgan fingerprint density at radius 3 is 2.58 bits per heavy atom. The lowest BCUT2D eigenvalue weighted by Crippen LogP contribution is -2.53. The Labute approximate surface area is 208 Å². The maximum absolute atomic E-state index is 13.0. The Morgan fingerprint density at radius 1 is 1.22 bits per heavy atom. The van der Waals surface area contributed by atoms with E-state index < -0.39 is 23.5 Å². The number of aryl methyl sites for hydroxylation is 1. The first kappa shape index (κ1) is 25.9. The third-order valence-corrected chi connectivity index (χ3v) is 6.85. The van der Waals surface area contributed by atoms with Crippen LogP contribution in [0.1, 0.15) is 52.9 Å². The average molecular weight is 502 g/mol. The van der Waals surface area contributed by atoms with Crippen molar-refractivity contribution in [3.63, 3.8) is 0 Å². The van der Waals surface area contributed by atoms with E-state index in [1.165, 1.54) is 12.1 Å². The highest BCUT2D eigenvalue weighted by atomic mass is 19.4. The molecule has 1 aromatic carbocycles. The maximum atomic E-state index is 13.0. The molecule has 4 rings (SSSR count). The van der Waals surface area contributed by atoms with Crippen LogP contribution in [0.4, 0.5) is 19.0 Å². The molecule has 1 aromatic heterocycles. The number of carbonyl (C=O) groups excluding carboxylic acids is 1. The number of aromatic nitrogens is 1. The van der Waals surface area contributed by atoms with Crippen molar-refractivity contribution in [1.29, 1.82) is 0 Å². The maximum Gasteiger partial charge on any atom is 0.417 e. The minimum absolute atomic E-state index is 0.0740. The van der Waals surface area contributed by atoms with Crippen LogP contribution in [-0.4, -0.2) is 52.4 Å². The number of carboxylic acids is 1. The van der Waals surface area contributed by atoms with E-state index in [-0.39, 0.29) is 11.6 Å². The molecule has 36 heavy (non-hydrogen) atoms. The molecule has 1 aliphatic carbocycles. The van der Waals surface area contributed by atoms with Crippen LogP contribution in [0.3, 0.4) is 0 Å². The van der Waals surface area contributed by atoms with E-state index in [1.807, 2.05) is 19.1 Å². The molecule has 0 radical (unpaired) electrons. The van der Waals surface area contributed by atoms with Gasteiger partial charge in [-0.15, -0.1) is 0 Å². The summed E-state index contributed by atoms with van der Waals surface area (Å²) in [7, 11) is 0. The van der Waals surface area contributed by atoms with Crippen LogP contribution in [0.2, 0.25) is 0 Å². The Balaban J connectivity index is 1.52. The second-order valence-electron chi connectivity index (χ2n) is 10.0. The molecule has 9 heteroatoms. The Morgan fingerprint density at radius 2 is 1.97 bits per heavy atom. The van der Waals surface area contributed by atoms with Crippen molar-refractivity contribution in [1.82, 2.24) is 9.88 Å². The van der Waals surface area contributed by atoms with E-state index in [0.717, 1.165) is 35.4 Å². The van der Waals surface area contributed by atoms with Gasteiger partial charge in [-0.2, -0.15) is 13.2 Å². The number of carbonyl (C=O) groups is 2. The number of piperazine rings is 1. The summed E-state index contributed by atoms with van der Waals surface area (Å²) in [6.07, 6.45) is -0.777. The minimum Gasteiger partial charge on any atom is -0.478 e. The predicted octanol–water partition coefficient (Wildman–Crippen LogP) is 4.90. The molecule has 0 amide bonds. The van der Waals surface area contributed by atoms with Crippen molar-refractivity contribution in [3.8, 4) is 0 Å². The number of aliphatic carboxylic acids is 1. The monoisotopic (exact) mass is 501 g/mol. The first-order valence-corrected chi connectivity index (χ1v) is 12.1. The molecule has 2 aliphatic rings. The molecule has 1 aliphatic heterocycles. The molecule has 192 valence electrons. The number of fused-ring (bicyclic) bond motifs is 1. The lowest BCUT2D eigenvalue weighted by molar-refractivity contribution is -0.138. The summed E-state index contributed by atoms with van der Waals surface area (Å²) in [5, 5.41) is 9.35. The van der Waals surface area contributed by atoms with Gasteiger partial charge in [-0.05, 0) is 60.6 Å². The molecule has 1 atom stereocenters. The third-order valence-electron chi connectivity index (χ3n) is 6.85. The first-order valence-electron chi connectivity index (χ1n) is 12.1. The zero-order valence-corrected chi connectivity index (χ0v) is 20.6. The fraction of sp³-hybridized carbons (Fsp3) is 0.444. The van der Waals surface area contributed by atoms with Gasteiger partial charge in [-0.3, -0.25) is 9.69 Å². The number of alkyl halides is 3. The highest BCUT2D eigenvalue weighted by Crippen LogP contribution is 2.31. The normalized spacial score (nSPS) is 18.9. The molecule has 2 aromatic rings. The van der Waals surface area contributed by atoms with Gasteiger partial charge in [-0.25, -0.2) is 9.78 Å². The number of rotatable bonds is 6. The molecule has 6 nitrogen and oxygen atoms in total. The summed E-state index contributed by atoms with van der Waals surface area (Å²) in [4.78, 5) is 32.7. The van der Waals surface area contributed by atoms with E-state index >= 15 is 0 Å². The van der Waals surface area contributed by atoms with E-state index in [1.54, 1.807) is 0 Å². The lowest BCUT2D eigenvalue weighted by Gasteiger charge is -2.43. The van der Waals surface area contributed by atoms with Crippen LogP contribution < -0.4 is 4.90 Å². The Kier molecular flexibility index (Phi) is 7.22. The minimum atomic E-state index is -4.42. The quantitative estimate of drug-likeness (QED) is 0.568. The highest BCUT2D eigenvalue weighted by molar-refractivity contribution is 6.25. The van der Waals surface area contributed by atoms with Crippen molar-refractivity contribution in [2.45, 2.75) is 52.4 Å². The van der Waals surface area contributed by atoms with Crippen LogP contribution in [0.25, 0.3) is 0 Å². The molecule has 0 spiro atoms. The van der Waals surface area contributed by atoms with Gasteiger partial charge in [-0.1, -0.05) is 26.0 Å². The second-order valence-corrected chi connectivity index (χ2v) is 10.0. The van der Waals surface area contributed by atoms with Gasteiger partial charge < -0.3 is 10.0 Å². The second kappa shape index (κ2) is 10.0. The number of ketones is 1. The molecule has 0 bridgehead atoms. The van der Waals surface area contributed by atoms with Crippen LogP contribution in [0.5, 0.6) is 0 Å². The number of Topliss-reactive ketones (excluding diaryl/α,β-unsaturated/α-hetero) is 1. The average Bonchev–Trinajstić information content (AvgIpc) is 2.79. The number of nitrogens with zero attached hydrogens (tertiary/aromatic N) is 3. The van der Waals surface area contributed by atoms with Crippen molar-refractivity contribution >= 4 is 17.6 Å². The van der Waals surface area contributed by atoms with E-state index in [4.69, 9.17) is 0 Å². The zero-order chi connectivity index (χ0) is 26.2. The first-order chi connectivity index (χ1) is 16.9. The van der Waals surface area contributed by atoms with Crippen molar-refractivity contribution in [2.24, 2.45) is 5.92 Å². The largest absolute Gasteiger partial charge is 0.478 e. The smallest absolute Gasteiger partial charge is 0.417 e. The van der Waals surface area contributed by atoms with Crippen LogP contribution in [0, 0.1) is 12.8 Å². The Hall–Kier alpha value is -3.20. The molecular formula is C27H30F3N3O3. The van der Waals surface area contributed by atoms with Crippen molar-refractivity contribution < 1.29 is 27.9 Å². The van der Waals surface area contributed by atoms with Gasteiger partial charge in [0.05, 0.1) is 5.56 Å². The fourth-order valence-electron chi connectivity index (χ4n) is 5.18. The van der Waals surface area contributed by atoms with E-state index in [2.05, 4.69) is 28.6 Å². The van der Waals surface area contributed by atoms with E-state index in [0.29, 0.717) is 49.9 Å². The summed E-state index contributed by atoms with van der Waals surface area (Å²) >= 11 is 0. The van der Waals surface area contributed by atoms with Gasteiger partial charge in [0, 0.05) is 44.0 Å². The molecule has 1 saturated heterocycles. The van der Waals surface area contributed by atoms with Gasteiger partial charge in [0.1, 0.15) is 11.4 Å². The lowest BCUT2D eigenvalue weighted by atomic mass is 9.86. The summed E-state index contributed by atoms with van der Waals surface area (Å²) in [6.45, 7) is 8.76. The summed E-state index contributed by atoms with van der Waals surface area (Å²) in [6, 6.07) is 6.45. The van der Waals surface area contributed by atoms with Crippen LogP contribution in [-0.2, 0) is 23.9 Å². The third kappa shape index (κ3) is 5.46.